The number of aromatic nitrogens is 4. The van der Waals surface area contributed by atoms with Crippen LogP contribution in [-0.4, -0.2) is 45.4 Å². The molecule has 7 heteroatoms. The molecule has 0 amide bonds. The first-order valence-electron chi connectivity index (χ1n) is 8.60. The van der Waals surface area contributed by atoms with Crippen molar-refractivity contribution in [3.63, 3.8) is 0 Å². The van der Waals surface area contributed by atoms with Gasteiger partial charge >= 0.3 is 138 Å². The van der Waals surface area contributed by atoms with Gasteiger partial charge in [-0.15, -0.1) is 0 Å². The van der Waals surface area contributed by atoms with Crippen LogP contribution >= 0.6 is 0 Å². The normalized spacial score (nSPS) is 11.6. The van der Waals surface area contributed by atoms with Gasteiger partial charge in [-0.1, -0.05) is 0 Å². The fraction of sp³-hybridized carbons (Fsp3) is 0.867. The molecule has 0 aliphatic carbocycles. The average Bonchev–Trinajstić information content (AvgIpc) is 3.01. The summed E-state index contributed by atoms with van der Waals surface area (Å²) in [6, 6.07) is 0. The molecule has 0 aromatic carbocycles. The maximum absolute atomic E-state index is 12.3. The number of nitrogens with one attached hydrogen (secondary N) is 1. The Balaban J connectivity index is 2.72. The third-order valence-corrected chi connectivity index (χ3v) is 16.7. The fourth-order valence-electron chi connectivity index (χ4n) is 2.69. The summed E-state index contributed by atoms with van der Waals surface area (Å²) in [5.74, 6) is 0.271. The second kappa shape index (κ2) is 11.0. The number of unbranched alkanes of at least 4 members (excludes halogenated alkanes) is 3. The first-order chi connectivity index (χ1) is 10.7. The van der Waals surface area contributed by atoms with E-state index in [1.165, 1.54) is 38.5 Å². The quantitative estimate of drug-likeness (QED) is 0.526. The zero-order chi connectivity index (χ0) is 16.3. The van der Waals surface area contributed by atoms with Crippen molar-refractivity contribution in [1.29, 1.82) is 0 Å². The Kier molecular flexibility index (Phi) is 9.66. The summed E-state index contributed by atoms with van der Waals surface area (Å²) < 4.78 is 9.63. The van der Waals surface area contributed by atoms with Crippen molar-refractivity contribution in [2.75, 3.05) is 0 Å². The van der Waals surface area contributed by atoms with Crippen LogP contribution in [-0.2, 0) is 14.3 Å². The van der Waals surface area contributed by atoms with Crippen LogP contribution in [0.1, 0.15) is 65.1 Å². The Morgan fingerprint density at radius 1 is 1.05 bits per heavy atom. The molecule has 126 valence electrons. The van der Waals surface area contributed by atoms with Gasteiger partial charge in [0.1, 0.15) is 0 Å². The summed E-state index contributed by atoms with van der Waals surface area (Å²) >= 11 is -2.85. The van der Waals surface area contributed by atoms with Crippen molar-refractivity contribution >= 4 is 24.8 Å². The van der Waals surface area contributed by atoms with Gasteiger partial charge < -0.3 is 0 Å². The molecule has 1 aromatic heterocycles. The molecule has 0 spiro atoms. The van der Waals surface area contributed by atoms with Crippen LogP contribution in [0.3, 0.4) is 0 Å². The van der Waals surface area contributed by atoms with E-state index < -0.39 is 18.8 Å². The van der Waals surface area contributed by atoms with Crippen LogP contribution in [0.5, 0.6) is 0 Å². The third kappa shape index (κ3) is 7.07. The minimum atomic E-state index is -2.85. The zero-order valence-corrected chi connectivity index (χ0v) is 17.1. The van der Waals surface area contributed by atoms with Crippen LogP contribution in [0, 0.1) is 0 Å². The van der Waals surface area contributed by atoms with Crippen LogP contribution < -0.4 is 0 Å². The number of carbonyl (C=O) groups is 1. The first kappa shape index (κ1) is 19.4. The van der Waals surface area contributed by atoms with Crippen LogP contribution in [0.15, 0.2) is 0 Å². The summed E-state index contributed by atoms with van der Waals surface area (Å²) in [7, 11) is 0. The Bertz CT molecular complexity index is 390. The number of nitrogens with zero attached hydrogens (tertiary/aromatic N) is 3. The summed E-state index contributed by atoms with van der Waals surface area (Å²) in [4.78, 5) is 12.3. The Morgan fingerprint density at radius 3 is 2.00 bits per heavy atom. The van der Waals surface area contributed by atoms with Gasteiger partial charge in [-0.05, 0) is 0 Å². The number of hydrogen-bond acceptors (Lipinski definition) is 5. The molecule has 0 bridgehead atoms. The molecule has 0 atom stereocenters. The third-order valence-electron chi connectivity index (χ3n) is 3.98. The van der Waals surface area contributed by atoms with E-state index >= 15 is 0 Å². The Labute approximate surface area is 138 Å². The molecule has 0 saturated heterocycles. The molecular formula is C15H30N4O2Sn. The molecule has 0 aliphatic rings. The fourth-order valence-corrected chi connectivity index (χ4v) is 15.8. The standard InChI is InChI=1S/3C4H9.C3H4N4O2.Sn/c3*1-3-4-2;8-3(9)1-2-4-6-7-5-2;/h3*1,3-4H2,2H3;1H2,(H,8,9)(H,4,5,6,7);/q;;;;+1/p-1. The molecule has 1 heterocycles. The minimum absolute atomic E-state index is 0.138. The molecule has 1 aromatic rings. The van der Waals surface area contributed by atoms with E-state index in [4.69, 9.17) is 3.07 Å². The van der Waals surface area contributed by atoms with Crippen molar-refractivity contribution < 1.29 is 7.87 Å². The van der Waals surface area contributed by atoms with Gasteiger partial charge in [-0.3, -0.25) is 0 Å². The summed E-state index contributed by atoms with van der Waals surface area (Å²) in [5, 5.41) is 13.6. The van der Waals surface area contributed by atoms with Crippen LogP contribution in [0.4, 0.5) is 0 Å². The second-order valence-corrected chi connectivity index (χ2v) is 17.6. The van der Waals surface area contributed by atoms with Crippen molar-refractivity contribution in [1.82, 2.24) is 20.6 Å². The average molecular weight is 417 g/mol. The number of tetrazole rings is 1. The van der Waals surface area contributed by atoms with E-state index in [1.807, 2.05) is 0 Å². The van der Waals surface area contributed by atoms with Crippen molar-refractivity contribution in [3.05, 3.63) is 5.82 Å². The summed E-state index contributed by atoms with van der Waals surface area (Å²) in [5.41, 5.74) is 0. The first-order valence-corrected chi connectivity index (χ1v) is 15.8. The van der Waals surface area contributed by atoms with E-state index in [-0.39, 0.29) is 12.4 Å². The Morgan fingerprint density at radius 2 is 1.59 bits per heavy atom. The Hall–Kier alpha value is -0.661. The van der Waals surface area contributed by atoms with Crippen molar-refractivity contribution in [2.45, 2.75) is 79.0 Å². The van der Waals surface area contributed by atoms with Crippen LogP contribution in [0.25, 0.3) is 0 Å². The summed E-state index contributed by atoms with van der Waals surface area (Å²) in [6.45, 7) is 6.62. The van der Waals surface area contributed by atoms with Crippen molar-refractivity contribution in [3.8, 4) is 0 Å². The molecule has 6 nitrogen and oxygen atoms in total. The number of H-pyrrole nitrogens is 1. The summed E-state index contributed by atoms with van der Waals surface area (Å²) in [6.07, 6.45) is 7.18. The van der Waals surface area contributed by atoms with E-state index in [0.717, 1.165) is 13.3 Å². The van der Waals surface area contributed by atoms with Crippen LogP contribution in [0.2, 0.25) is 13.3 Å². The van der Waals surface area contributed by atoms with Gasteiger partial charge in [0.15, 0.2) is 0 Å². The molecular weight excluding hydrogens is 387 g/mol. The monoisotopic (exact) mass is 418 g/mol. The second-order valence-electron chi connectivity index (χ2n) is 5.97. The number of hydrogen-bond donors (Lipinski definition) is 1. The predicted octanol–water partition coefficient (Wildman–Crippen LogP) is 3.63. The van der Waals surface area contributed by atoms with Gasteiger partial charge in [0, 0.05) is 0 Å². The predicted molar refractivity (Wildman–Crippen MR) is 88.9 cm³/mol. The van der Waals surface area contributed by atoms with Gasteiger partial charge in [0.2, 0.25) is 0 Å². The van der Waals surface area contributed by atoms with Gasteiger partial charge in [-0.2, -0.15) is 0 Å². The molecule has 22 heavy (non-hydrogen) atoms. The SMILES string of the molecule is CCC[CH2][Sn]([CH2]CCC)([CH2]CCC)[O]C(=O)Cc1nn[nH]n1. The number of rotatable bonds is 12. The van der Waals surface area contributed by atoms with E-state index in [1.54, 1.807) is 0 Å². The molecule has 0 aliphatic heterocycles. The molecule has 1 N–H and O–H groups in total. The molecule has 0 unspecified atom stereocenters. The van der Waals surface area contributed by atoms with Crippen molar-refractivity contribution in [2.24, 2.45) is 0 Å². The molecule has 0 fully saturated rings. The van der Waals surface area contributed by atoms with E-state index in [2.05, 4.69) is 41.4 Å². The van der Waals surface area contributed by atoms with E-state index in [9.17, 15) is 4.79 Å². The molecule has 0 saturated carbocycles. The number of carbonyl (C=O) groups excluding carboxylic acids is 1. The van der Waals surface area contributed by atoms with Gasteiger partial charge in [-0.25, -0.2) is 0 Å². The molecule has 1 rings (SSSR count). The maximum atomic E-state index is 12.3. The van der Waals surface area contributed by atoms with E-state index in [0.29, 0.717) is 5.82 Å². The molecule has 0 radical (unpaired) electrons. The zero-order valence-electron chi connectivity index (χ0n) is 14.2. The number of aromatic amines is 1. The topological polar surface area (TPSA) is 80.8 Å². The van der Waals surface area contributed by atoms with Gasteiger partial charge in [0.25, 0.3) is 0 Å². The van der Waals surface area contributed by atoms with Gasteiger partial charge in [0.05, 0.1) is 0 Å².